The summed E-state index contributed by atoms with van der Waals surface area (Å²) in [4.78, 5) is 4.25. The summed E-state index contributed by atoms with van der Waals surface area (Å²) in [5, 5.41) is 3.65. The smallest absolute Gasteiger partial charge is 0.188 e. The van der Waals surface area contributed by atoms with E-state index in [0.717, 1.165) is 19.5 Å². The molecule has 0 bridgehead atoms. The van der Waals surface area contributed by atoms with Gasteiger partial charge < -0.3 is 11.1 Å². The zero-order valence-corrected chi connectivity index (χ0v) is 10.5. The van der Waals surface area contributed by atoms with Crippen LogP contribution in [0.2, 0.25) is 0 Å². The fourth-order valence-corrected chi connectivity index (χ4v) is 1.07. The quantitative estimate of drug-likeness (QED) is 0.526. The Balaban J connectivity index is 3.56. The Kier molecular flexibility index (Phi) is 7.76. The molecule has 0 saturated carbocycles. The first-order valence-electron chi connectivity index (χ1n) is 5.12. The summed E-state index contributed by atoms with van der Waals surface area (Å²) in [7, 11) is 0. The summed E-state index contributed by atoms with van der Waals surface area (Å²) in [6.45, 7) is 8.26. The molecule has 1 atom stereocenters. The third-order valence-corrected chi connectivity index (χ3v) is 2.90. The SMILES string of the molecule is CSC(C)CN=C(N)NCCC(C)C. The molecular formula is C10H23N3S. The van der Waals surface area contributed by atoms with Crippen LogP contribution in [0.5, 0.6) is 0 Å². The first-order valence-corrected chi connectivity index (χ1v) is 6.41. The van der Waals surface area contributed by atoms with Crippen molar-refractivity contribution < 1.29 is 0 Å². The number of aliphatic imine (C=N–C) groups is 1. The predicted molar refractivity (Wildman–Crippen MR) is 66.9 cm³/mol. The second-order valence-electron chi connectivity index (χ2n) is 3.88. The first-order chi connectivity index (χ1) is 6.56. The first kappa shape index (κ1) is 13.6. The van der Waals surface area contributed by atoms with Crippen molar-refractivity contribution in [3.63, 3.8) is 0 Å². The summed E-state index contributed by atoms with van der Waals surface area (Å²) >= 11 is 1.81. The molecule has 0 heterocycles. The Morgan fingerprint density at radius 1 is 1.43 bits per heavy atom. The van der Waals surface area contributed by atoms with Gasteiger partial charge in [0.1, 0.15) is 0 Å². The lowest BCUT2D eigenvalue weighted by Gasteiger charge is -2.08. The lowest BCUT2D eigenvalue weighted by molar-refractivity contribution is 0.576. The topological polar surface area (TPSA) is 50.4 Å². The highest BCUT2D eigenvalue weighted by atomic mass is 32.2. The monoisotopic (exact) mass is 217 g/mol. The van der Waals surface area contributed by atoms with Gasteiger partial charge in [0.15, 0.2) is 5.96 Å². The van der Waals surface area contributed by atoms with E-state index >= 15 is 0 Å². The molecule has 0 aromatic rings. The number of thioether (sulfide) groups is 1. The molecule has 1 unspecified atom stereocenters. The summed E-state index contributed by atoms with van der Waals surface area (Å²) in [6, 6.07) is 0. The molecule has 0 aliphatic rings. The van der Waals surface area contributed by atoms with E-state index in [1.807, 2.05) is 0 Å². The number of hydrogen-bond acceptors (Lipinski definition) is 2. The van der Waals surface area contributed by atoms with Crippen molar-refractivity contribution in [2.24, 2.45) is 16.6 Å². The minimum atomic E-state index is 0.542. The van der Waals surface area contributed by atoms with Gasteiger partial charge in [-0.3, -0.25) is 4.99 Å². The number of nitrogens with one attached hydrogen (secondary N) is 1. The Hall–Kier alpha value is -0.380. The van der Waals surface area contributed by atoms with Gasteiger partial charge >= 0.3 is 0 Å². The molecule has 3 nitrogen and oxygen atoms in total. The van der Waals surface area contributed by atoms with Crippen LogP contribution < -0.4 is 11.1 Å². The number of nitrogens with two attached hydrogens (primary N) is 1. The van der Waals surface area contributed by atoms with Crippen LogP contribution in [0.15, 0.2) is 4.99 Å². The van der Waals surface area contributed by atoms with Crippen LogP contribution in [0.1, 0.15) is 27.2 Å². The fraction of sp³-hybridized carbons (Fsp3) is 0.900. The molecular weight excluding hydrogens is 194 g/mol. The predicted octanol–water partition coefficient (Wildman–Crippen LogP) is 1.69. The van der Waals surface area contributed by atoms with Gasteiger partial charge in [0.25, 0.3) is 0 Å². The van der Waals surface area contributed by atoms with Crippen LogP contribution in [-0.2, 0) is 0 Å². The third kappa shape index (κ3) is 8.23. The molecule has 0 amide bonds. The van der Waals surface area contributed by atoms with Crippen molar-refractivity contribution in [3.8, 4) is 0 Å². The average molecular weight is 217 g/mol. The van der Waals surface area contributed by atoms with Crippen LogP contribution >= 0.6 is 11.8 Å². The zero-order chi connectivity index (χ0) is 11.0. The van der Waals surface area contributed by atoms with Gasteiger partial charge in [0.05, 0.1) is 6.54 Å². The normalized spacial score (nSPS) is 14.5. The van der Waals surface area contributed by atoms with E-state index in [1.54, 1.807) is 11.8 Å². The van der Waals surface area contributed by atoms with E-state index in [1.165, 1.54) is 0 Å². The summed E-state index contributed by atoms with van der Waals surface area (Å²) < 4.78 is 0. The third-order valence-electron chi connectivity index (χ3n) is 1.95. The average Bonchev–Trinajstić information content (AvgIpc) is 2.13. The van der Waals surface area contributed by atoms with E-state index in [4.69, 9.17) is 5.73 Å². The molecule has 0 aromatic heterocycles. The molecule has 3 N–H and O–H groups in total. The molecule has 84 valence electrons. The van der Waals surface area contributed by atoms with E-state index in [0.29, 0.717) is 17.1 Å². The van der Waals surface area contributed by atoms with Gasteiger partial charge in [-0.05, 0) is 18.6 Å². The number of guanidine groups is 1. The van der Waals surface area contributed by atoms with Gasteiger partial charge in [0.2, 0.25) is 0 Å². The lowest BCUT2D eigenvalue weighted by Crippen LogP contribution is -2.33. The maximum atomic E-state index is 5.69. The van der Waals surface area contributed by atoms with Crippen molar-refractivity contribution in [1.82, 2.24) is 5.32 Å². The van der Waals surface area contributed by atoms with Crippen molar-refractivity contribution in [2.45, 2.75) is 32.4 Å². The zero-order valence-electron chi connectivity index (χ0n) is 9.71. The largest absolute Gasteiger partial charge is 0.370 e. The highest BCUT2D eigenvalue weighted by Crippen LogP contribution is 2.04. The van der Waals surface area contributed by atoms with Gasteiger partial charge in [-0.15, -0.1) is 0 Å². The Labute approximate surface area is 91.9 Å². The minimum Gasteiger partial charge on any atom is -0.370 e. The fourth-order valence-electron chi connectivity index (χ4n) is 0.846. The van der Waals surface area contributed by atoms with Crippen molar-refractivity contribution in [2.75, 3.05) is 19.3 Å². The Morgan fingerprint density at radius 2 is 2.07 bits per heavy atom. The standard InChI is InChI=1S/C10H23N3S/c1-8(2)5-6-12-10(11)13-7-9(3)14-4/h8-9H,5-7H2,1-4H3,(H3,11,12,13). The van der Waals surface area contributed by atoms with E-state index in [2.05, 4.69) is 37.3 Å². The molecule has 0 aliphatic carbocycles. The van der Waals surface area contributed by atoms with Crippen molar-refractivity contribution >= 4 is 17.7 Å². The van der Waals surface area contributed by atoms with E-state index in [-0.39, 0.29) is 0 Å². The number of rotatable bonds is 6. The molecule has 0 radical (unpaired) electrons. The van der Waals surface area contributed by atoms with Crippen molar-refractivity contribution in [1.29, 1.82) is 0 Å². The van der Waals surface area contributed by atoms with Gasteiger partial charge in [-0.2, -0.15) is 11.8 Å². The second kappa shape index (κ2) is 7.97. The Morgan fingerprint density at radius 3 is 2.57 bits per heavy atom. The van der Waals surface area contributed by atoms with E-state index < -0.39 is 0 Å². The molecule has 0 saturated heterocycles. The summed E-state index contributed by atoms with van der Waals surface area (Å²) in [6.07, 6.45) is 3.22. The Bertz CT molecular complexity index is 169. The summed E-state index contributed by atoms with van der Waals surface area (Å²) in [5.74, 6) is 1.28. The lowest BCUT2D eigenvalue weighted by atomic mass is 10.1. The van der Waals surface area contributed by atoms with Crippen LogP contribution in [-0.4, -0.2) is 30.6 Å². The van der Waals surface area contributed by atoms with Crippen molar-refractivity contribution in [3.05, 3.63) is 0 Å². The van der Waals surface area contributed by atoms with Crippen LogP contribution in [0, 0.1) is 5.92 Å². The molecule has 0 fully saturated rings. The molecule has 0 spiro atoms. The minimum absolute atomic E-state index is 0.542. The van der Waals surface area contributed by atoms with Gasteiger partial charge in [0, 0.05) is 11.8 Å². The summed E-state index contributed by atoms with van der Waals surface area (Å²) in [5.41, 5.74) is 5.69. The maximum absolute atomic E-state index is 5.69. The molecule has 0 rings (SSSR count). The molecule has 14 heavy (non-hydrogen) atoms. The van der Waals surface area contributed by atoms with E-state index in [9.17, 15) is 0 Å². The number of nitrogens with zero attached hydrogens (tertiary/aromatic N) is 1. The maximum Gasteiger partial charge on any atom is 0.188 e. The van der Waals surface area contributed by atoms with Gasteiger partial charge in [-0.1, -0.05) is 20.8 Å². The number of hydrogen-bond donors (Lipinski definition) is 2. The molecule has 0 aliphatic heterocycles. The van der Waals surface area contributed by atoms with Crippen LogP contribution in [0.3, 0.4) is 0 Å². The highest BCUT2D eigenvalue weighted by molar-refractivity contribution is 7.99. The van der Waals surface area contributed by atoms with Gasteiger partial charge in [-0.25, -0.2) is 0 Å². The molecule has 0 aromatic carbocycles. The highest BCUT2D eigenvalue weighted by Gasteiger charge is 1.98. The second-order valence-corrected chi connectivity index (χ2v) is 5.16. The van der Waals surface area contributed by atoms with Crippen LogP contribution in [0.4, 0.5) is 0 Å². The van der Waals surface area contributed by atoms with Crippen LogP contribution in [0.25, 0.3) is 0 Å². The molecule has 4 heteroatoms.